The Hall–Kier alpha value is -4.03. The van der Waals surface area contributed by atoms with E-state index in [0.717, 1.165) is 47.2 Å². The van der Waals surface area contributed by atoms with E-state index in [2.05, 4.69) is 11.0 Å². The molecule has 2 aromatic carbocycles. The molecule has 0 spiro atoms. The number of methoxy groups -OCH3 is 1. The maximum Gasteiger partial charge on any atom is 0.270 e. The van der Waals surface area contributed by atoms with Crippen molar-refractivity contribution in [3.63, 3.8) is 0 Å². The van der Waals surface area contributed by atoms with Crippen molar-refractivity contribution in [3.05, 3.63) is 57.7 Å². The molecule has 0 N–H and O–H groups in total. The van der Waals surface area contributed by atoms with Crippen molar-refractivity contribution in [3.8, 4) is 17.6 Å². The topological polar surface area (TPSA) is 103 Å². The Kier molecular flexibility index (Phi) is 6.20. The first-order chi connectivity index (χ1) is 18.5. The van der Waals surface area contributed by atoms with Crippen LogP contribution in [-0.2, 0) is 11.8 Å². The highest BCUT2D eigenvalue weighted by Crippen LogP contribution is 2.40. The molecule has 6 rings (SSSR count). The molecule has 0 bridgehead atoms. The number of aromatic nitrogens is 2. The van der Waals surface area contributed by atoms with Crippen LogP contribution in [0.25, 0.3) is 22.0 Å². The summed E-state index contributed by atoms with van der Waals surface area (Å²) in [7, 11) is 3.28. The van der Waals surface area contributed by atoms with E-state index in [0.29, 0.717) is 49.0 Å². The van der Waals surface area contributed by atoms with Gasteiger partial charge < -0.3 is 28.1 Å². The van der Waals surface area contributed by atoms with E-state index in [1.54, 1.807) is 14.2 Å². The molecule has 38 heavy (non-hydrogen) atoms. The highest BCUT2D eigenvalue weighted by molar-refractivity contribution is 5.97. The maximum absolute atomic E-state index is 13.3. The zero-order chi connectivity index (χ0) is 26.4. The molecular formula is C29H30N4O5. The fraction of sp³-hybridized carbons (Fsp3) is 0.414. The van der Waals surface area contributed by atoms with Crippen LogP contribution in [0.4, 0.5) is 5.69 Å². The van der Waals surface area contributed by atoms with Crippen LogP contribution in [-0.4, -0.2) is 49.1 Å². The number of oxazole rings is 1. The van der Waals surface area contributed by atoms with Gasteiger partial charge in [-0.15, -0.1) is 0 Å². The van der Waals surface area contributed by atoms with Gasteiger partial charge in [0.25, 0.3) is 5.56 Å². The number of nitriles is 1. The average molecular weight is 515 g/mol. The Bertz CT molecular complexity index is 1620. The molecule has 9 nitrogen and oxygen atoms in total. The number of nitrogens with zero attached hydrogens (tertiary/aromatic N) is 4. The van der Waals surface area contributed by atoms with Crippen molar-refractivity contribution in [2.45, 2.75) is 38.2 Å². The van der Waals surface area contributed by atoms with E-state index >= 15 is 0 Å². The number of anilines is 1. The number of benzene rings is 2. The van der Waals surface area contributed by atoms with E-state index in [9.17, 15) is 10.1 Å². The Morgan fingerprint density at radius 1 is 1.13 bits per heavy atom. The Labute approximate surface area is 220 Å². The van der Waals surface area contributed by atoms with Crippen LogP contribution in [0.3, 0.4) is 0 Å². The van der Waals surface area contributed by atoms with Crippen molar-refractivity contribution in [1.82, 2.24) is 9.55 Å². The quantitative estimate of drug-likeness (QED) is 0.386. The van der Waals surface area contributed by atoms with Gasteiger partial charge in [0, 0.05) is 43.9 Å². The van der Waals surface area contributed by atoms with E-state index in [4.69, 9.17) is 23.6 Å². The minimum Gasteiger partial charge on any atom is -0.493 e. The molecule has 2 aliphatic rings. The van der Waals surface area contributed by atoms with Gasteiger partial charge in [-0.05, 0) is 43.5 Å². The summed E-state index contributed by atoms with van der Waals surface area (Å²) in [6.45, 7) is 4.56. The lowest BCUT2D eigenvalue weighted by Crippen LogP contribution is -2.36. The molecule has 0 radical (unpaired) electrons. The molecule has 9 heteroatoms. The zero-order valence-corrected chi connectivity index (χ0v) is 21.8. The number of hydrogen-bond donors (Lipinski definition) is 0. The predicted octanol–water partition coefficient (Wildman–Crippen LogP) is 4.42. The van der Waals surface area contributed by atoms with Crippen LogP contribution in [0.1, 0.15) is 42.2 Å². The minimum atomic E-state index is -0.327. The SMILES string of the molecule is COc1cc2c(N3CCC(c4nc5cc(C)ccc5o4)CC3)c(C#N)c(=O)n(C)c2cc1OC1CCOC1. The van der Waals surface area contributed by atoms with Crippen molar-refractivity contribution in [2.75, 3.05) is 38.3 Å². The molecule has 196 valence electrons. The standard InChI is InChI=1S/C29H30N4O5/c1-17-4-5-24-22(12-17)31-28(38-24)18-6-9-33(10-7-18)27-20-13-25(35-3)26(37-19-8-11-36-16-19)14-23(20)32(2)29(34)21(27)15-30/h4-5,12-14,18-19H,6-11,16H2,1-3H3. The fourth-order valence-electron chi connectivity index (χ4n) is 5.58. The van der Waals surface area contributed by atoms with Crippen LogP contribution >= 0.6 is 0 Å². The number of hydrogen-bond acceptors (Lipinski definition) is 8. The first-order valence-electron chi connectivity index (χ1n) is 13.0. The second-order valence-electron chi connectivity index (χ2n) is 10.1. The number of ether oxygens (including phenoxy) is 3. The van der Waals surface area contributed by atoms with Gasteiger partial charge >= 0.3 is 0 Å². The highest BCUT2D eigenvalue weighted by atomic mass is 16.6. The van der Waals surface area contributed by atoms with E-state index in [-0.39, 0.29) is 23.1 Å². The van der Waals surface area contributed by atoms with Gasteiger partial charge in [0.2, 0.25) is 0 Å². The number of fused-ring (bicyclic) bond motifs is 2. The number of aryl methyl sites for hydroxylation is 2. The Morgan fingerprint density at radius 2 is 1.95 bits per heavy atom. The lowest BCUT2D eigenvalue weighted by atomic mass is 9.95. The third-order valence-electron chi connectivity index (χ3n) is 7.67. The highest BCUT2D eigenvalue weighted by Gasteiger charge is 2.29. The van der Waals surface area contributed by atoms with Crippen LogP contribution in [0.15, 0.2) is 39.5 Å². The van der Waals surface area contributed by atoms with Crippen molar-refractivity contribution >= 4 is 27.7 Å². The summed E-state index contributed by atoms with van der Waals surface area (Å²) >= 11 is 0. The molecule has 0 amide bonds. The van der Waals surface area contributed by atoms with Crippen LogP contribution in [0.5, 0.6) is 11.5 Å². The molecule has 0 aliphatic carbocycles. The zero-order valence-electron chi connectivity index (χ0n) is 21.8. The predicted molar refractivity (Wildman–Crippen MR) is 143 cm³/mol. The van der Waals surface area contributed by atoms with Gasteiger partial charge in [-0.3, -0.25) is 4.79 Å². The Morgan fingerprint density at radius 3 is 2.66 bits per heavy atom. The van der Waals surface area contributed by atoms with Crippen molar-refractivity contribution in [1.29, 1.82) is 5.26 Å². The first-order valence-corrected chi connectivity index (χ1v) is 13.0. The van der Waals surface area contributed by atoms with Crippen molar-refractivity contribution in [2.24, 2.45) is 7.05 Å². The summed E-state index contributed by atoms with van der Waals surface area (Å²) < 4.78 is 24.9. The first kappa shape index (κ1) is 24.3. The lowest BCUT2D eigenvalue weighted by Gasteiger charge is -2.34. The third-order valence-corrected chi connectivity index (χ3v) is 7.67. The van der Waals surface area contributed by atoms with Gasteiger partial charge in [-0.25, -0.2) is 4.98 Å². The Balaban J connectivity index is 1.36. The molecule has 2 aliphatic heterocycles. The molecule has 1 unspecified atom stereocenters. The maximum atomic E-state index is 13.3. The molecule has 0 saturated carbocycles. The smallest absolute Gasteiger partial charge is 0.270 e. The monoisotopic (exact) mass is 514 g/mol. The molecule has 4 aromatic rings. The largest absolute Gasteiger partial charge is 0.493 e. The van der Waals surface area contributed by atoms with E-state index < -0.39 is 0 Å². The summed E-state index contributed by atoms with van der Waals surface area (Å²) in [5, 5.41) is 10.8. The summed E-state index contributed by atoms with van der Waals surface area (Å²) in [6, 6.07) is 11.9. The average Bonchev–Trinajstić information content (AvgIpc) is 3.60. The van der Waals surface area contributed by atoms with Crippen LogP contribution in [0.2, 0.25) is 0 Å². The third kappa shape index (κ3) is 4.15. The summed E-state index contributed by atoms with van der Waals surface area (Å²) in [5.41, 5.74) is 3.96. The minimum absolute atomic E-state index is 0.0639. The molecule has 2 saturated heterocycles. The van der Waals surface area contributed by atoms with Gasteiger partial charge in [0.15, 0.2) is 23.0 Å². The number of piperidine rings is 1. The van der Waals surface area contributed by atoms with Gasteiger partial charge in [0.1, 0.15) is 23.3 Å². The second kappa shape index (κ2) is 9.69. The van der Waals surface area contributed by atoms with Gasteiger partial charge in [-0.1, -0.05) is 6.07 Å². The van der Waals surface area contributed by atoms with Gasteiger partial charge in [0.05, 0.1) is 31.5 Å². The molecule has 2 fully saturated rings. The molecule has 2 aromatic heterocycles. The summed E-state index contributed by atoms with van der Waals surface area (Å²) in [5.74, 6) is 2.04. The van der Waals surface area contributed by atoms with Gasteiger partial charge in [-0.2, -0.15) is 5.26 Å². The number of pyridine rings is 1. The van der Waals surface area contributed by atoms with E-state index in [1.165, 1.54) is 4.57 Å². The van der Waals surface area contributed by atoms with Crippen LogP contribution < -0.4 is 19.9 Å². The second-order valence-corrected chi connectivity index (χ2v) is 10.1. The lowest BCUT2D eigenvalue weighted by molar-refractivity contribution is 0.139. The van der Waals surface area contributed by atoms with Crippen LogP contribution in [0, 0.1) is 18.3 Å². The molecule has 4 heterocycles. The molecular weight excluding hydrogens is 484 g/mol. The van der Waals surface area contributed by atoms with E-state index in [1.807, 2.05) is 37.3 Å². The van der Waals surface area contributed by atoms with Crippen molar-refractivity contribution < 1.29 is 18.6 Å². The fourth-order valence-corrected chi connectivity index (χ4v) is 5.58. The normalized spacial score (nSPS) is 18.3. The summed E-state index contributed by atoms with van der Waals surface area (Å²) in [4.78, 5) is 20.2. The molecule has 1 atom stereocenters. The number of rotatable bonds is 5. The summed E-state index contributed by atoms with van der Waals surface area (Å²) in [6.07, 6.45) is 2.33.